The first-order valence-electron chi connectivity index (χ1n) is 7.87. The van der Waals surface area contributed by atoms with Gasteiger partial charge in [0.15, 0.2) is 11.5 Å². The van der Waals surface area contributed by atoms with Gasteiger partial charge in [-0.3, -0.25) is 0 Å². The van der Waals surface area contributed by atoms with Crippen LogP contribution in [0.25, 0.3) is 11.1 Å². The number of benzene rings is 1. The normalized spacial score (nSPS) is 22.9. The molecule has 0 bridgehead atoms. The van der Waals surface area contributed by atoms with Crippen molar-refractivity contribution in [2.24, 2.45) is 0 Å². The topological polar surface area (TPSA) is 47.3 Å². The number of nitrogens with one attached hydrogen (secondary N) is 1. The number of rotatable bonds is 4. The molecule has 2 atom stereocenters. The number of fused-ring (bicyclic) bond motifs is 1. The predicted molar refractivity (Wildman–Crippen MR) is 84.8 cm³/mol. The third-order valence-electron chi connectivity index (χ3n) is 4.26. The zero-order valence-corrected chi connectivity index (χ0v) is 13.1. The Hall–Kier alpha value is -1.55. The minimum atomic E-state index is 0.304. The van der Waals surface area contributed by atoms with Crippen LogP contribution in [-0.4, -0.2) is 24.2 Å². The molecule has 0 saturated heterocycles. The molecule has 0 amide bonds. The molecule has 4 nitrogen and oxygen atoms in total. The summed E-state index contributed by atoms with van der Waals surface area (Å²) < 4.78 is 11.4. The highest BCUT2D eigenvalue weighted by molar-refractivity contribution is 5.77. The van der Waals surface area contributed by atoms with E-state index in [1.54, 1.807) is 7.11 Å². The molecule has 3 rings (SSSR count). The smallest absolute Gasteiger partial charge is 0.198 e. The van der Waals surface area contributed by atoms with Crippen LogP contribution >= 0.6 is 0 Å². The first-order valence-corrected chi connectivity index (χ1v) is 7.87. The van der Waals surface area contributed by atoms with Crippen molar-refractivity contribution < 1.29 is 9.15 Å². The van der Waals surface area contributed by atoms with Crippen LogP contribution in [0.3, 0.4) is 0 Å². The average Bonchev–Trinajstić information content (AvgIpc) is 2.91. The summed E-state index contributed by atoms with van der Waals surface area (Å²) in [6, 6.07) is 6.53. The van der Waals surface area contributed by atoms with Gasteiger partial charge in [-0.15, -0.1) is 0 Å². The van der Waals surface area contributed by atoms with Crippen LogP contribution in [-0.2, 0) is 4.74 Å². The van der Waals surface area contributed by atoms with E-state index in [9.17, 15) is 0 Å². The molecule has 1 saturated carbocycles. The van der Waals surface area contributed by atoms with Gasteiger partial charge in [0.05, 0.1) is 12.1 Å². The van der Waals surface area contributed by atoms with Gasteiger partial charge in [0.2, 0.25) is 0 Å². The number of anilines is 1. The Balaban J connectivity index is 1.80. The average molecular weight is 288 g/mol. The SMILES string of the molecule is COC1CCCCC1Nc1ccc2oc(C(C)C)nc2c1. The number of nitrogens with zero attached hydrogens (tertiary/aromatic N) is 1. The Morgan fingerprint density at radius 2 is 2.10 bits per heavy atom. The maximum absolute atomic E-state index is 5.75. The molecule has 1 N–H and O–H groups in total. The van der Waals surface area contributed by atoms with E-state index in [1.807, 2.05) is 6.07 Å². The minimum absolute atomic E-state index is 0.304. The van der Waals surface area contributed by atoms with Crippen molar-refractivity contribution in [2.45, 2.75) is 57.6 Å². The first-order chi connectivity index (χ1) is 10.2. The van der Waals surface area contributed by atoms with Gasteiger partial charge >= 0.3 is 0 Å². The predicted octanol–water partition coefficient (Wildman–Crippen LogP) is 4.32. The molecule has 4 heteroatoms. The minimum Gasteiger partial charge on any atom is -0.440 e. The molecule has 0 spiro atoms. The number of hydrogen-bond donors (Lipinski definition) is 1. The highest BCUT2D eigenvalue weighted by atomic mass is 16.5. The fourth-order valence-electron chi connectivity index (χ4n) is 3.04. The molecule has 1 aromatic carbocycles. The fraction of sp³-hybridized carbons (Fsp3) is 0.588. The lowest BCUT2D eigenvalue weighted by atomic mass is 9.92. The van der Waals surface area contributed by atoms with Gasteiger partial charge in [0.1, 0.15) is 5.52 Å². The standard InChI is InChI=1S/C17H24N2O2/c1-11(2)17-19-14-10-12(8-9-16(14)21-17)18-13-6-4-5-7-15(13)20-3/h8-11,13,15,18H,4-7H2,1-3H3. The Labute approximate surface area is 125 Å². The van der Waals surface area contributed by atoms with E-state index in [4.69, 9.17) is 9.15 Å². The van der Waals surface area contributed by atoms with Crippen LogP contribution < -0.4 is 5.32 Å². The molecule has 1 aliphatic carbocycles. The Morgan fingerprint density at radius 1 is 1.29 bits per heavy atom. The zero-order valence-electron chi connectivity index (χ0n) is 13.1. The van der Waals surface area contributed by atoms with E-state index in [2.05, 4.69) is 36.3 Å². The van der Waals surface area contributed by atoms with Gasteiger partial charge in [-0.2, -0.15) is 0 Å². The lowest BCUT2D eigenvalue weighted by Crippen LogP contribution is -2.37. The lowest BCUT2D eigenvalue weighted by molar-refractivity contribution is 0.0606. The Morgan fingerprint density at radius 3 is 2.86 bits per heavy atom. The molecule has 1 aromatic heterocycles. The molecule has 2 aromatic rings. The van der Waals surface area contributed by atoms with Crippen molar-refractivity contribution in [3.8, 4) is 0 Å². The lowest BCUT2D eigenvalue weighted by Gasteiger charge is -2.31. The van der Waals surface area contributed by atoms with Crippen LogP contribution in [0.1, 0.15) is 51.3 Å². The van der Waals surface area contributed by atoms with Crippen LogP contribution in [0.2, 0.25) is 0 Å². The number of hydrogen-bond acceptors (Lipinski definition) is 4. The molecular formula is C17H24N2O2. The monoisotopic (exact) mass is 288 g/mol. The maximum Gasteiger partial charge on any atom is 0.198 e. The largest absolute Gasteiger partial charge is 0.440 e. The van der Waals surface area contributed by atoms with Crippen molar-refractivity contribution >= 4 is 16.8 Å². The Bertz CT molecular complexity index is 606. The van der Waals surface area contributed by atoms with Crippen LogP contribution in [0, 0.1) is 0 Å². The zero-order chi connectivity index (χ0) is 14.8. The molecule has 1 heterocycles. The van der Waals surface area contributed by atoms with E-state index in [-0.39, 0.29) is 0 Å². The van der Waals surface area contributed by atoms with Gasteiger partial charge in [-0.25, -0.2) is 4.98 Å². The second-order valence-electron chi connectivity index (χ2n) is 6.20. The quantitative estimate of drug-likeness (QED) is 0.910. The molecular weight excluding hydrogens is 264 g/mol. The molecule has 1 fully saturated rings. The van der Waals surface area contributed by atoms with Crippen molar-refractivity contribution in [3.63, 3.8) is 0 Å². The summed E-state index contributed by atoms with van der Waals surface area (Å²) in [6.07, 6.45) is 5.13. The summed E-state index contributed by atoms with van der Waals surface area (Å²) in [7, 11) is 1.81. The fourth-order valence-corrected chi connectivity index (χ4v) is 3.04. The highest BCUT2D eigenvalue weighted by Gasteiger charge is 2.24. The second kappa shape index (κ2) is 6.06. The van der Waals surface area contributed by atoms with E-state index >= 15 is 0 Å². The van der Waals surface area contributed by atoms with Gasteiger partial charge in [0, 0.05) is 18.7 Å². The summed E-state index contributed by atoms with van der Waals surface area (Å²) in [5.74, 6) is 1.11. The molecule has 2 unspecified atom stereocenters. The molecule has 1 aliphatic rings. The summed E-state index contributed by atoms with van der Waals surface area (Å²) in [6.45, 7) is 4.18. The third kappa shape index (κ3) is 3.05. The van der Waals surface area contributed by atoms with Gasteiger partial charge in [-0.05, 0) is 31.0 Å². The summed E-state index contributed by atoms with van der Waals surface area (Å²) in [5.41, 5.74) is 2.88. The number of oxazole rings is 1. The summed E-state index contributed by atoms with van der Waals surface area (Å²) in [4.78, 5) is 4.57. The molecule has 0 radical (unpaired) electrons. The van der Waals surface area contributed by atoms with Gasteiger partial charge in [-0.1, -0.05) is 26.7 Å². The van der Waals surface area contributed by atoms with Crippen LogP contribution in [0.5, 0.6) is 0 Å². The van der Waals surface area contributed by atoms with Crippen molar-refractivity contribution in [3.05, 3.63) is 24.1 Å². The van der Waals surface area contributed by atoms with E-state index < -0.39 is 0 Å². The second-order valence-corrected chi connectivity index (χ2v) is 6.20. The van der Waals surface area contributed by atoms with Crippen molar-refractivity contribution in [2.75, 3.05) is 12.4 Å². The summed E-state index contributed by atoms with van der Waals surface area (Å²) >= 11 is 0. The molecule has 114 valence electrons. The van der Waals surface area contributed by atoms with E-state index in [0.29, 0.717) is 18.1 Å². The molecule has 0 aliphatic heterocycles. The highest BCUT2D eigenvalue weighted by Crippen LogP contribution is 2.27. The van der Waals surface area contributed by atoms with Crippen LogP contribution in [0.15, 0.2) is 22.6 Å². The number of methoxy groups -OCH3 is 1. The van der Waals surface area contributed by atoms with Crippen molar-refractivity contribution in [1.82, 2.24) is 4.98 Å². The van der Waals surface area contributed by atoms with Gasteiger partial charge in [0.25, 0.3) is 0 Å². The van der Waals surface area contributed by atoms with E-state index in [1.165, 1.54) is 12.8 Å². The maximum atomic E-state index is 5.75. The molecule has 21 heavy (non-hydrogen) atoms. The van der Waals surface area contributed by atoms with Crippen molar-refractivity contribution in [1.29, 1.82) is 0 Å². The van der Waals surface area contributed by atoms with Gasteiger partial charge < -0.3 is 14.5 Å². The Kier molecular flexibility index (Phi) is 4.15. The third-order valence-corrected chi connectivity index (χ3v) is 4.26. The number of aromatic nitrogens is 1. The van der Waals surface area contributed by atoms with Crippen LogP contribution in [0.4, 0.5) is 5.69 Å². The van der Waals surface area contributed by atoms with E-state index in [0.717, 1.165) is 35.5 Å². The summed E-state index contributed by atoms with van der Waals surface area (Å²) in [5, 5.41) is 3.61. The first kappa shape index (κ1) is 14.4. The number of ether oxygens (including phenoxy) is 1.